The average molecular weight is 309 g/mol. The van der Waals surface area contributed by atoms with Crippen molar-refractivity contribution in [2.75, 3.05) is 18.0 Å². The Morgan fingerprint density at radius 3 is 3.00 bits per heavy atom. The highest BCUT2D eigenvalue weighted by molar-refractivity contribution is 5.69. The van der Waals surface area contributed by atoms with E-state index in [-0.39, 0.29) is 6.10 Å². The monoisotopic (exact) mass is 309 g/mol. The molecule has 1 unspecified atom stereocenters. The van der Waals surface area contributed by atoms with E-state index in [0.29, 0.717) is 0 Å². The van der Waals surface area contributed by atoms with Gasteiger partial charge in [0.25, 0.3) is 0 Å². The summed E-state index contributed by atoms with van der Waals surface area (Å²) in [6.45, 7) is 5.73. The second kappa shape index (κ2) is 5.53. The molecule has 6 heteroatoms. The molecule has 1 aliphatic heterocycles. The highest BCUT2D eigenvalue weighted by Gasteiger charge is 2.27. The number of hydrogen-bond acceptors (Lipinski definition) is 5. The van der Waals surface area contributed by atoms with Gasteiger partial charge in [0.15, 0.2) is 5.82 Å². The number of aromatic nitrogens is 4. The molecule has 0 radical (unpaired) electrons. The van der Waals surface area contributed by atoms with Crippen molar-refractivity contribution in [1.29, 1.82) is 0 Å². The minimum Gasteiger partial charge on any atom is -0.487 e. The Kier molecular flexibility index (Phi) is 3.37. The molecule has 1 fully saturated rings. The van der Waals surface area contributed by atoms with Gasteiger partial charge >= 0.3 is 0 Å². The largest absolute Gasteiger partial charge is 0.487 e. The van der Waals surface area contributed by atoms with Gasteiger partial charge in [0.2, 0.25) is 0 Å². The molecule has 3 aromatic rings. The van der Waals surface area contributed by atoms with E-state index in [4.69, 9.17) is 4.74 Å². The third-order valence-corrected chi connectivity index (χ3v) is 4.19. The highest BCUT2D eigenvalue weighted by Crippen LogP contribution is 2.26. The van der Waals surface area contributed by atoms with Crippen LogP contribution in [0.1, 0.15) is 17.8 Å². The van der Waals surface area contributed by atoms with E-state index in [9.17, 15) is 0 Å². The van der Waals surface area contributed by atoms with Crippen LogP contribution in [0.3, 0.4) is 0 Å². The molecule has 23 heavy (non-hydrogen) atoms. The molecule has 0 aromatic carbocycles. The zero-order valence-corrected chi connectivity index (χ0v) is 13.3. The zero-order chi connectivity index (χ0) is 15.8. The van der Waals surface area contributed by atoms with E-state index in [1.54, 1.807) is 12.4 Å². The molecule has 0 aliphatic carbocycles. The van der Waals surface area contributed by atoms with Gasteiger partial charge in [-0.3, -0.25) is 4.98 Å². The quantitative estimate of drug-likeness (QED) is 0.743. The number of aryl methyl sites for hydroxylation is 2. The molecule has 0 amide bonds. The third-order valence-electron chi connectivity index (χ3n) is 4.19. The van der Waals surface area contributed by atoms with Crippen LogP contribution in [0.5, 0.6) is 5.75 Å². The summed E-state index contributed by atoms with van der Waals surface area (Å²) in [5, 5.41) is 4.45. The van der Waals surface area contributed by atoms with Crippen molar-refractivity contribution in [2.24, 2.45) is 0 Å². The van der Waals surface area contributed by atoms with Gasteiger partial charge in [-0.1, -0.05) is 0 Å². The number of hydrogen-bond donors (Lipinski definition) is 0. The summed E-state index contributed by atoms with van der Waals surface area (Å²) < 4.78 is 8.01. The van der Waals surface area contributed by atoms with Crippen molar-refractivity contribution >= 4 is 11.3 Å². The topological polar surface area (TPSA) is 55.5 Å². The lowest BCUT2D eigenvalue weighted by Gasteiger charge is -2.19. The third kappa shape index (κ3) is 2.60. The Labute approximate surface area is 134 Å². The van der Waals surface area contributed by atoms with Crippen molar-refractivity contribution < 1.29 is 4.74 Å². The van der Waals surface area contributed by atoms with Crippen LogP contribution in [-0.4, -0.2) is 38.8 Å². The minimum absolute atomic E-state index is 0.156. The molecule has 3 aromatic heterocycles. The van der Waals surface area contributed by atoms with E-state index >= 15 is 0 Å². The van der Waals surface area contributed by atoms with Gasteiger partial charge in [-0.25, -0.2) is 9.50 Å². The summed E-state index contributed by atoms with van der Waals surface area (Å²) in [5.41, 5.74) is 2.97. The summed E-state index contributed by atoms with van der Waals surface area (Å²) in [6, 6.07) is 5.96. The SMILES string of the molecule is Cc1cc2c(N3CCC(Oc4cccnc4C)C3)nccn2n1. The van der Waals surface area contributed by atoms with Crippen molar-refractivity contribution in [3.63, 3.8) is 0 Å². The van der Waals surface area contributed by atoms with Crippen LogP contribution in [0, 0.1) is 13.8 Å². The number of pyridine rings is 1. The predicted molar refractivity (Wildman–Crippen MR) is 87.9 cm³/mol. The Morgan fingerprint density at radius 1 is 1.22 bits per heavy atom. The van der Waals surface area contributed by atoms with Gasteiger partial charge in [0.1, 0.15) is 17.4 Å². The predicted octanol–water partition coefficient (Wildman–Crippen LogP) is 2.40. The number of nitrogens with zero attached hydrogens (tertiary/aromatic N) is 5. The second-order valence-corrected chi connectivity index (χ2v) is 5.93. The maximum Gasteiger partial charge on any atom is 0.154 e. The molecule has 6 nitrogen and oxygen atoms in total. The lowest BCUT2D eigenvalue weighted by molar-refractivity contribution is 0.222. The van der Waals surface area contributed by atoms with Crippen molar-refractivity contribution in [1.82, 2.24) is 19.6 Å². The fourth-order valence-electron chi connectivity index (χ4n) is 3.06. The highest BCUT2D eigenvalue weighted by atomic mass is 16.5. The number of rotatable bonds is 3. The summed E-state index contributed by atoms with van der Waals surface area (Å²) in [7, 11) is 0. The first-order valence-electron chi connectivity index (χ1n) is 7.85. The number of fused-ring (bicyclic) bond motifs is 1. The van der Waals surface area contributed by atoms with Gasteiger partial charge in [-0.2, -0.15) is 5.10 Å². The standard InChI is InChI=1S/C17H19N5O/c1-12-10-15-17(19-7-9-22(15)20-12)21-8-5-14(11-21)23-16-4-3-6-18-13(16)2/h3-4,6-7,9-10,14H,5,8,11H2,1-2H3. The first-order chi connectivity index (χ1) is 11.2. The van der Waals surface area contributed by atoms with E-state index in [1.807, 2.05) is 36.7 Å². The number of anilines is 1. The van der Waals surface area contributed by atoms with Crippen LogP contribution in [0.15, 0.2) is 36.8 Å². The van der Waals surface area contributed by atoms with Gasteiger partial charge in [-0.05, 0) is 32.0 Å². The van der Waals surface area contributed by atoms with Gasteiger partial charge in [-0.15, -0.1) is 0 Å². The van der Waals surface area contributed by atoms with E-state index < -0.39 is 0 Å². The molecule has 4 rings (SSSR count). The van der Waals surface area contributed by atoms with Crippen LogP contribution in [0.4, 0.5) is 5.82 Å². The van der Waals surface area contributed by atoms with Gasteiger partial charge in [0.05, 0.1) is 17.9 Å². The molecule has 0 N–H and O–H groups in total. The first kappa shape index (κ1) is 14.0. The fourth-order valence-corrected chi connectivity index (χ4v) is 3.06. The Hall–Kier alpha value is -2.63. The number of ether oxygens (including phenoxy) is 1. The second-order valence-electron chi connectivity index (χ2n) is 5.93. The first-order valence-corrected chi connectivity index (χ1v) is 7.85. The lowest BCUT2D eigenvalue weighted by Crippen LogP contribution is -2.25. The van der Waals surface area contributed by atoms with E-state index in [1.165, 1.54) is 0 Å². The van der Waals surface area contributed by atoms with Crippen molar-refractivity contribution in [2.45, 2.75) is 26.4 Å². The van der Waals surface area contributed by atoms with E-state index in [2.05, 4.69) is 26.0 Å². The summed E-state index contributed by atoms with van der Waals surface area (Å²) in [5.74, 6) is 1.84. The molecule has 1 atom stereocenters. The molecule has 118 valence electrons. The summed E-state index contributed by atoms with van der Waals surface area (Å²) >= 11 is 0. The fraction of sp³-hybridized carbons (Fsp3) is 0.353. The lowest BCUT2D eigenvalue weighted by atomic mass is 10.3. The van der Waals surface area contributed by atoms with Crippen LogP contribution in [-0.2, 0) is 0 Å². The summed E-state index contributed by atoms with van der Waals surface area (Å²) in [4.78, 5) is 11.1. The normalized spacial score (nSPS) is 17.8. The molecule has 0 bridgehead atoms. The average Bonchev–Trinajstić information content (AvgIpc) is 3.14. The van der Waals surface area contributed by atoms with E-state index in [0.717, 1.165) is 48.0 Å². The molecule has 0 saturated carbocycles. The maximum absolute atomic E-state index is 6.12. The van der Waals surface area contributed by atoms with Crippen LogP contribution in [0.2, 0.25) is 0 Å². The van der Waals surface area contributed by atoms with Crippen molar-refractivity contribution in [3.05, 3.63) is 48.2 Å². The molecule has 1 aliphatic rings. The smallest absolute Gasteiger partial charge is 0.154 e. The Bertz CT molecular complexity index is 844. The van der Waals surface area contributed by atoms with Crippen LogP contribution >= 0.6 is 0 Å². The Morgan fingerprint density at radius 2 is 2.13 bits per heavy atom. The van der Waals surface area contributed by atoms with Gasteiger partial charge < -0.3 is 9.64 Å². The van der Waals surface area contributed by atoms with Crippen LogP contribution in [0.25, 0.3) is 5.52 Å². The summed E-state index contributed by atoms with van der Waals surface area (Å²) in [6.07, 6.45) is 6.60. The van der Waals surface area contributed by atoms with Crippen LogP contribution < -0.4 is 9.64 Å². The maximum atomic E-state index is 6.12. The Balaban J connectivity index is 1.55. The zero-order valence-electron chi connectivity index (χ0n) is 13.3. The van der Waals surface area contributed by atoms with Crippen molar-refractivity contribution in [3.8, 4) is 5.75 Å². The molecular formula is C17H19N5O. The molecular weight excluding hydrogens is 290 g/mol. The minimum atomic E-state index is 0.156. The molecule has 4 heterocycles. The molecule has 0 spiro atoms. The molecule has 1 saturated heterocycles. The van der Waals surface area contributed by atoms with Gasteiger partial charge in [0, 0.05) is 31.6 Å².